The Balaban J connectivity index is 1.86. The summed E-state index contributed by atoms with van der Waals surface area (Å²) in [6.07, 6.45) is 4.01. The number of aromatic nitrogens is 1. The maximum absolute atomic E-state index is 12.3. The zero-order valence-electron chi connectivity index (χ0n) is 12.4. The van der Waals surface area contributed by atoms with Crippen LogP contribution in [0.1, 0.15) is 29.4 Å². The molecule has 1 aromatic heterocycles. The number of thiazole rings is 1. The average Bonchev–Trinajstić information content (AvgIpc) is 3.01. The Kier molecular flexibility index (Phi) is 4.64. The molecule has 6 heteroatoms. The van der Waals surface area contributed by atoms with Gasteiger partial charge in [-0.1, -0.05) is 18.5 Å². The first-order valence-electron chi connectivity index (χ1n) is 7.38. The molecule has 1 atom stereocenters. The van der Waals surface area contributed by atoms with E-state index < -0.39 is 0 Å². The third-order valence-corrected chi connectivity index (χ3v) is 4.87. The van der Waals surface area contributed by atoms with Crippen LogP contribution in [-0.4, -0.2) is 24.0 Å². The van der Waals surface area contributed by atoms with E-state index in [9.17, 15) is 4.79 Å². The van der Waals surface area contributed by atoms with Gasteiger partial charge in [-0.3, -0.25) is 9.78 Å². The van der Waals surface area contributed by atoms with Crippen LogP contribution in [0.2, 0.25) is 5.02 Å². The van der Waals surface area contributed by atoms with Crippen LogP contribution < -0.4 is 10.2 Å². The molecule has 1 saturated heterocycles. The largest absolute Gasteiger partial charge is 0.370 e. The van der Waals surface area contributed by atoms with Crippen molar-refractivity contribution in [3.63, 3.8) is 0 Å². The molecule has 0 aliphatic carbocycles. The van der Waals surface area contributed by atoms with Crippen molar-refractivity contribution in [3.05, 3.63) is 39.8 Å². The van der Waals surface area contributed by atoms with Gasteiger partial charge in [0.1, 0.15) is 4.88 Å². The second-order valence-corrected chi connectivity index (χ2v) is 7.00. The predicted molar refractivity (Wildman–Crippen MR) is 92.1 cm³/mol. The van der Waals surface area contributed by atoms with Gasteiger partial charge < -0.3 is 10.2 Å². The van der Waals surface area contributed by atoms with Crippen molar-refractivity contribution in [1.29, 1.82) is 0 Å². The number of carbonyl (C=O) groups excluding carboxylic acids is 1. The van der Waals surface area contributed by atoms with E-state index in [2.05, 4.69) is 22.1 Å². The van der Waals surface area contributed by atoms with Crippen LogP contribution in [-0.2, 0) is 0 Å². The number of rotatable bonds is 3. The highest BCUT2D eigenvalue weighted by molar-refractivity contribution is 7.11. The van der Waals surface area contributed by atoms with Crippen LogP contribution in [0.3, 0.4) is 0 Å². The minimum absolute atomic E-state index is 0.143. The number of anilines is 2. The van der Waals surface area contributed by atoms with Gasteiger partial charge in [0.2, 0.25) is 0 Å². The Morgan fingerprint density at radius 1 is 1.50 bits per heavy atom. The van der Waals surface area contributed by atoms with Crippen molar-refractivity contribution < 1.29 is 4.79 Å². The number of nitrogens with one attached hydrogen (secondary N) is 1. The molecule has 0 unspecified atom stereocenters. The van der Waals surface area contributed by atoms with Crippen LogP contribution in [0.15, 0.2) is 29.9 Å². The lowest BCUT2D eigenvalue weighted by molar-refractivity contribution is 0.103. The highest BCUT2D eigenvalue weighted by Gasteiger charge is 2.20. The van der Waals surface area contributed by atoms with E-state index in [4.69, 9.17) is 11.6 Å². The monoisotopic (exact) mass is 335 g/mol. The third kappa shape index (κ3) is 3.42. The SMILES string of the molecule is C[C@H]1CCCN(c2ccc(Cl)cc2NC(=O)c2cncs2)C1. The lowest BCUT2D eigenvalue weighted by atomic mass is 9.99. The standard InChI is InChI=1S/C16H18ClN3OS/c1-11-3-2-6-20(9-11)14-5-4-12(17)7-13(14)19-16(21)15-8-18-10-22-15/h4-5,7-8,10-11H,2-3,6,9H2,1H3,(H,19,21)/t11-/m0/s1. The number of nitrogens with zero attached hydrogens (tertiary/aromatic N) is 2. The second kappa shape index (κ2) is 6.67. The summed E-state index contributed by atoms with van der Waals surface area (Å²) in [6, 6.07) is 5.68. The zero-order valence-corrected chi connectivity index (χ0v) is 14.0. The van der Waals surface area contributed by atoms with Crippen molar-refractivity contribution in [2.45, 2.75) is 19.8 Å². The van der Waals surface area contributed by atoms with E-state index in [1.165, 1.54) is 24.2 Å². The topological polar surface area (TPSA) is 45.2 Å². The van der Waals surface area contributed by atoms with E-state index in [0.29, 0.717) is 15.8 Å². The van der Waals surface area contributed by atoms with Crippen molar-refractivity contribution >= 4 is 40.2 Å². The maximum Gasteiger partial charge on any atom is 0.267 e. The molecule has 3 rings (SSSR count). The number of carbonyl (C=O) groups is 1. The summed E-state index contributed by atoms with van der Waals surface area (Å²) >= 11 is 7.44. The Morgan fingerprint density at radius 2 is 2.36 bits per heavy atom. The van der Waals surface area contributed by atoms with E-state index in [-0.39, 0.29) is 5.91 Å². The van der Waals surface area contributed by atoms with Crippen molar-refractivity contribution in [3.8, 4) is 0 Å². The average molecular weight is 336 g/mol. The van der Waals surface area contributed by atoms with Crippen LogP contribution in [0.5, 0.6) is 0 Å². The minimum Gasteiger partial charge on any atom is -0.370 e. The number of piperidine rings is 1. The summed E-state index contributed by atoms with van der Waals surface area (Å²) in [4.78, 5) is 19.2. The number of hydrogen-bond donors (Lipinski definition) is 1. The lowest BCUT2D eigenvalue weighted by Gasteiger charge is -2.34. The molecule has 2 heterocycles. The summed E-state index contributed by atoms with van der Waals surface area (Å²) in [5, 5.41) is 3.59. The summed E-state index contributed by atoms with van der Waals surface area (Å²) in [6.45, 7) is 4.28. The molecule has 2 aromatic rings. The van der Waals surface area contributed by atoms with Gasteiger partial charge in [-0.15, -0.1) is 11.3 Å². The molecule has 0 radical (unpaired) electrons. The zero-order chi connectivity index (χ0) is 15.5. The Morgan fingerprint density at radius 3 is 3.09 bits per heavy atom. The highest BCUT2D eigenvalue weighted by atomic mass is 35.5. The molecule has 0 spiro atoms. The van der Waals surface area contributed by atoms with E-state index >= 15 is 0 Å². The smallest absolute Gasteiger partial charge is 0.267 e. The number of benzene rings is 1. The molecular weight excluding hydrogens is 318 g/mol. The number of hydrogen-bond acceptors (Lipinski definition) is 4. The first-order valence-corrected chi connectivity index (χ1v) is 8.63. The van der Waals surface area contributed by atoms with Gasteiger partial charge in [0.25, 0.3) is 5.91 Å². The van der Waals surface area contributed by atoms with Gasteiger partial charge in [0.15, 0.2) is 0 Å². The van der Waals surface area contributed by atoms with Crippen LogP contribution >= 0.6 is 22.9 Å². The van der Waals surface area contributed by atoms with Gasteiger partial charge in [0, 0.05) is 18.1 Å². The van der Waals surface area contributed by atoms with E-state index in [1.54, 1.807) is 11.7 Å². The molecule has 1 aliphatic rings. The van der Waals surface area contributed by atoms with Crippen molar-refractivity contribution in [2.24, 2.45) is 5.92 Å². The summed E-state index contributed by atoms with van der Waals surface area (Å²) in [5.41, 5.74) is 3.45. The van der Waals surface area contributed by atoms with E-state index in [0.717, 1.165) is 24.5 Å². The summed E-state index contributed by atoms with van der Waals surface area (Å²) in [7, 11) is 0. The van der Waals surface area contributed by atoms with Gasteiger partial charge in [0.05, 0.1) is 23.1 Å². The summed E-state index contributed by atoms with van der Waals surface area (Å²) in [5.74, 6) is 0.519. The van der Waals surface area contributed by atoms with Crippen molar-refractivity contribution in [2.75, 3.05) is 23.3 Å². The fourth-order valence-electron chi connectivity index (χ4n) is 2.80. The Bertz CT molecular complexity index is 659. The molecule has 1 amide bonds. The highest BCUT2D eigenvalue weighted by Crippen LogP contribution is 2.32. The molecular formula is C16H18ClN3OS. The quantitative estimate of drug-likeness (QED) is 0.910. The molecule has 1 fully saturated rings. The molecule has 22 heavy (non-hydrogen) atoms. The van der Waals surface area contributed by atoms with Gasteiger partial charge in [-0.2, -0.15) is 0 Å². The van der Waals surface area contributed by atoms with Crippen LogP contribution in [0.25, 0.3) is 0 Å². The fraction of sp³-hybridized carbons (Fsp3) is 0.375. The molecule has 1 aromatic carbocycles. The maximum atomic E-state index is 12.3. The van der Waals surface area contributed by atoms with Crippen LogP contribution in [0, 0.1) is 5.92 Å². The molecule has 0 bridgehead atoms. The molecule has 1 aliphatic heterocycles. The molecule has 0 saturated carbocycles. The first-order chi connectivity index (χ1) is 10.6. The summed E-state index contributed by atoms with van der Waals surface area (Å²) < 4.78 is 0. The molecule has 4 nitrogen and oxygen atoms in total. The van der Waals surface area contributed by atoms with Gasteiger partial charge in [-0.25, -0.2) is 0 Å². The number of amides is 1. The third-order valence-electron chi connectivity index (χ3n) is 3.86. The number of halogens is 1. The minimum atomic E-state index is -0.143. The Labute approximate surface area is 139 Å². The van der Waals surface area contributed by atoms with Crippen LogP contribution in [0.4, 0.5) is 11.4 Å². The molecule has 116 valence electrons. The van der Waals surface area contributed by atoms with Gasteiger partial charge >= 0.3 is 0 Å². The normalized spacial score (nSPS) is 18.3. The van der Waals surface area contributed by atoms with Crippen molar-refractivity contribution in [1.82, 2.24) is 4.98 Å². The fourth-order valence-corrected chi connectivity index (χ4v) is 3.49. The van der Waals surface area contributed by atoms with E-state index in [1.807, 2.05) is 18.2 Å². The molecule has 1 N–H and O–H groups in total. The van der Waals surface area contributed by atoms with Gasteiger partial charge in [-0.05, 0) is 37.0 Å². The first kappa shape index (κ1) is 15.3. The Hall–Kier alpha value is -1.59. The second-order valence-electron chi connectivity index (χ2n) is 5.67. The predicted octanol–water partition coefficient (Wildman–Crippen LogP) is 4.29. The lowest BCUT2D eigenvalue weighted by Crippen LogP contribution is -2.34.